The number of methoxy groups -OCH3 is 3. The van der Waals surface area contributed by atoms with Crippen LogP contribution >= 0.6 is 0 Å². The molecule has 1 atom stereocenters. The van der Waals surface area contributed by atoms with E-state index in [-0.39, 0.29) is 5.91 Å². The molecule has 1 saturated heterocycles. The molecule has 30 heavy (non-hydrogen) atoms. The monoisotopic (exact) mass is 418 g/mol. The summed E-state index contributed by atoms with van der Waals surface area (Å²) < 4.78 is 16.5. The maximum Gasteiger partial charge on any atom is 0.276 e. The molecule has 1 aliphatic carbocycles. The minimum Gasteiger partial charge on any atom is -0.493 e. The first-order chi connectivity index (χ1) is 14.4. The summed E-state index contributed by atoms with van der Waals surface area (Å²) in [4.78, 5) is 15.2. The van der Waals surface area contributed by atoms with Crippen LogP contribution in [0.2, 0.25) is 0 Å². The quantitative estimate of drug-likeness (QED) is 0.469. The van der Waals surface area contributed by atoms with Crippen molar-refractivity contribution in [1.29, 1.82) is 5.26 Å². The molecule has 0 aromatic heterocycles. The van der Waals surface area contributed by atoms with Crippen LogP contribution < -0.4 is 29.3 Å². The first-order valence-corrected chi connectivity index (χ1v) is 10.6. The maximum absolute atomic E-state index is 12.5. The molecule has 1 saturated carbocycles. The van der Waals surface area contributed by atoms with Gasteiger partial charge in [-0.2, -0.15) is 5.26 Å². The zero-order chi connectivity index (χ0) is 21.7. The van der Waals surface area contributed by atoms with E-state index in [1.165, 1.54) is 9.80 Å². The number of carbonyl (C=O) groups is 1. The molecule has 3 N–H and O–H groups in total. The minimum atomic E-state index is -0.715. The molecule has 3 rings (SSSR count). The molecule has 1 aromatic rings. The van der Waals surface area contributed by atoms with Crippen molar-refractivity contribution in [3.63, 3.8) is 0 Å². The van der Waals surface area contributed by atoms with Crippen LogP contribution in [0.15, 0.2) is 12.1 Å². The Balaban J connectivity index is 1.52. The van der Waals surface area contributed by atoms with Gasteiger partial charge in [0.15, 0.2) is 18.0 Å². The first-order valence-electron chi connectivity index (χ1n) is 10.6. The molecule has 2 fully saturated rings. The number of nitrogens with one attached hydrogen (secondary N) is 3. The van der Waals surface area contributed by atoms with Gasteiger partial charge in [0.1, 0.15) is 38.3 Å². The Morgan fingerprint density at radius 1 is 1.10 bits per heavy atom. The zero-order valence-electron chi connectivity index (χ0n) is 18.5. The summed E-state index contributed by atoms with van der Waals surface area (Å²) in [5.74, 6) is 2.28. The normalized spacial score (nSPS) is 23.0. The standard InChI is InChI=1S/C22H32N4O4/c1-22(15-23,17-6-7-17)24-19(27)14-26-11-9-25(10-12-26)13-16-5-8-18(28-2)21(30-4)20(16)29-3/h5,8,17H,6-7,9-14H2,1-4H3,(H,24,27)/p+2/t22-/m1/s1. The third kappa shape index (κ3) is 4.97. The number of rotatable bonds is 9. The van der Waals surface area contributed by atoms with E-state index >= 15 is 0 Å². The van der Waals surface area contributed by atoms with Crippen LogP contribution in [0.25, 0.3) is 0 Å². The molecule has 0 spiro atoms. The maximum atomic E-state index is 12.5. The highest BCUT2D eigenvalue weighted by Crippen LogP contribution is 2.40. The molecular formula is C22H34N4O4+2. The minimum absolute atomic E-state index is 0.0223. The Kier molecular flexibility index (Phi) is 7.06. The number of nitriles is 1. The number of quaternary nitrogens is 2. The fraction of sp³-hybridized carbons (Fsp3) is 0.636. The van der Waals surface area contributed by atoms with Gasteiger partial charge in [0.05, 0.1) is 33.0 Å². The van der Waals surface area contributed by atoms with Gasteiger partial charge < -0.3 is 29.3 Å². The van der Waals surface area contributed by atoms with Gasteiger partial charge in [-0.1, -0.05) is 0 Å². The average molecular weight is 419 g/mol. The molecule has 8 nitrogen and oxygen atoms in total. The van der Waals surface area contributed by atoms with Gasteiger partial charge in [0, 0.05) is 0 Å². The predicted molar refractivity (Wildman–Crippen MR) is 111 cm³/mol. The summed E-state index contributed by atoms with van der Waals surface area (Å²) in [6, 6.07) is 6.23. The number of hydrogen-bond acceptors (Lipinski definition) is 5. The van der Waals surface area contributed by atoms with E-state index in [9.17, 15) is 10.1 Å². The largest absolute Gasteiger partial charge is 0.493 e. The van der Waals surface area contributed by atoms with Gasteiger partial charge in [-0.25, -0.2) is 0 Å². The van der Waals surface area contributed by atoms with E-state index in [2.05, 4.69) is 11.4 Å². The van der Waals surface area contributed by atoms with Crippen LogP contribution in [-0.2, 0) is 11.3 Å². The van der Waals surface area contributed by atoms with Gasteiger partial charge >= 0.3 is 0 Å². The summed E-state index contributed by atoms with van der Waals surface area (Å²) in [6.45, 7) is 6.89. The Morgan fingerprint density at radius 2 is 1.73 bits per heavy atom. The Hall–Kier alpha value is -2.50. The lowest BCUT2D eigenvalue weighted by molar-refractivity contribution is -1.02. The van der Waals surface area contributed by atoms with Crippen LogP contribution in [-0.4, -0.2) is 65.5 Å². The van der Waals surface area contributed by atoms with Gasteiger partial charge in [0.25, 0.3) is 5.91 Å². The summed E-state index contributed by atoms with van der Waals surface area (Å²) in [7, 11) is 4.88. The zero-order valence-corrected chi connectivity index (χ0v) is 18.5. The first kappa shape index (κ1) is 22.2. The second-order valence-electron chi connectivity index (χ2n) is 8.48. The number of piperazine rings is 1. The number of nitrogens with zero attached hydrogens (tertiary/aromatic N) is 1. The Morgan fingerprint density at radius 3 is 2.27 bits per heavy atom. The van der Waals surface area contributed by atoms with Crippen molar-refractivity contribution >= 4 is 5.91 Å². The van der Waals surface area contributed by atoms with E-state index in [1.807, 2.05) is 19.1 Å². The van der Waals surface area contributed by atoms with Crippen LogP contribution in [0.4, 0.5) is 0 Å². The van der Waals surface area contributed by atoms with Gasteiger partial charge in [-0.3, -0.25) is 4.79 Å². The number of hydrogen-bond donors (Lipinski definition) is 3. The van der Waals surface area contributed by atoms with E-state index in [0.29, 0.717) is 24.0 Å². The highest BCUT2D eigenvalue weighted by Gasteiger charge is 2.43. The summed E-state index contributed by atoms with van der Waals surface area (Å²) in [6.07, 6.45) is 2.05. The lowest BCUT2D eigenvalue weighted by Gasteiger charge is -2.31. The van der Waals surface area contributed by atoms with Crippen molar-refractivity contribution in [3.8, 4) is 23.3 Å². The second kappa shape index (κ2) is 9.54. The Labute approximate surface area is 178 Å². The van der Waals surface area contributed by atoms with Crippen molar-refractivity contribution in [2.45, 2.75) is 31.8 Å². The van der Waals surface area contributed by atoms with E-state index in [4.69, 9.17) is 14.2 Å². The second-order valence-corrected chi connectivity index (χ2v) is 8.48. The summed E-state index contributed by atoms with van der Waals surface area (Å²) >= 11 is 0. The SMILES string of the molecule is COc1ccc(C[NH+]2CC[NH+](CC(=O)N[C@](C)(C#N)C3CC3)CC2)c(OC)c1OC. The van der Waals surface area contributed by atoms with Crippen LogP contribution in [0.5, 0.6) is 17.2 Å². The summed E-state index contributed by atoms with van der Waals surface area (Å²) in [5.41, 5.74) is 0.369. The highest BCUT2D eigenvalue weighted by atomic mass is 16.5. The number of amides is 1. The molecule has 1 aromatic carbocycles. The van der Waals surface area contributed by atoms with E-state index in [0.717, 1.165) is 56.9 Å². The molecular weight excluding hydrogens is 384 g/mol. The van der Waals surface area contributed by atoms with Crippen molar-refractivity contribution < 1.29 is 28.8 Å². The van der Waals surface area contributed by atoms with Gasteiger partial charge in [-0.15, -0.1) is 0 Å². The molecule has 0 unspecified atom stereocenters. The topological polar surface area (TPSA) is 89.5 Å². The van der Waals surface area contributed by atoms with Crippen molar-refractivity contribution in [2.24, 2.45) is 5.92 Å². The third-order valence-electron chi connectivity index (χ3n) is 6.33. The van der Waals surface area contributed by atoms with Gasteiger partial charge in [-0.05, 0) is 37.8 Å². The lowest BCUT2D eigenvalue weighted by Crippen LogP contribution is -3.28. The average Bonchev–Trinajstić information content (AvgIpc) is 3.60. The van der Waals surface area contributed by atoms with Crippen molar-refractivity contribution in [1.82, 2.24) is 5.32 Å². The predicted octanol–water partition coefficient (Wildman–Crippen LogP) is -1.20. The lowest BCUT2D eigenvalue weighted by atomic mass is 9.98. The van der Waals surface area contributed by atoms with Crippen LogP contribution in [0.3, 0.4) is 0 Å². The van der Waals surface area contributed by atoms with Crippen molar-refractivity contribution in [2.75, 3.05) is 54.1 Å². The molecule has 8 heteroatoms. The molecule has 1 heterocycles. The van der Waals surface area contributed by atoms with E-state index in [1.54, 1.807) is 21.3 Å². The molecule has 2 aliphatic rings. The number of carbonyl (C=O) groups excluding carboxylic acids is 1. The number of benzene rings is 1. The van der Waals surface area contributed by atoms with Gasteiger partial charge in [0.2, 0.25) is 5.75 Å². The number of ether oxygens (including phenoxy) is 3. The smallest absolute Gasteiger partial charge is 0.276 e. The van der Waals surface area contributed by atoms with Crippen molar-refractivity contribution in [3.05, 3.63) is 17.7 Å². The summed E-state index contributed by atoms with van der Waals surface area (Å²) in [5, 5.41) is 12.4. The van der Waals surface area contributed by atoms with Crippen LogP contribution in [0, 0.1) is 17.2 Å². The molecule has 1 aliphatic heterocycles. The fourth-order valence-electron chi connectivity index (χ4n) is 4.33. The van der Waals surface area contributed by atoms with Crippen LogP contribution in [0.1, 0.15) is 25.3 Å². The molecule has 0 radical (unpaired) electrons. The fourth-order valence-corrected chi connectivity index (χ4v) is 4.33. The molecule has 0 bridgehead atoms. The highest BCUT2D eigenvalue weighted by molar-refractivity contribution is 5.78. The molecule has 164 valence electrons. The van der Waals surface area contributed by atoms with E-state index < -0.39 is 5.54 Å². The third-order valence-corrected chi connectivity index (χ3v) is 6.33. The molecule has 1 amide bonds. The Bertz CT molecular complexity index is 797.